The number of oxime groups is 1. The molecule has 2 aliphatic rings. The molecule has 8 nitrogen and oxygen atoms in total. The van der Waals surface area contributed by atoms with Gasteiger partial charge in [-0.05, 0) is 56.0 Å². The number of rotatable bonds is 6. The number of benzene rings is 1. The molecule has 0 saturated heterocycles. The Hall–Kier alpha value is -2.81. The first-order chi connectivity index (χ1) is 15.2. The van der Waals surface area contributed by atoms with E-state index in [2.05, 4.69) is 23.9 Å². The normalized spacial score (nSPS) is 21.4. The lowest BCUT2D eigenvalue weighted by atomic mass is 9.91. The zero-order valence-corrected chi connectivity index (χ0v) is 19.4. The summed E-state index contributed by atoms with van der Waals surface area (Å²) in [6, 6.07) is 9.90. The molecule has 0 unspecified atom stereocenters. The largest absolute Gasteiger partial charge is 0.490 e. The highest BCUT2D eigenvalue weighted by Crippen LogP contribution is 2.29. The molecule has 9 heteroatoms. The van der Waals surface area contributed by atoms with Crippen LogP contribution in [0, 0.1) is 5.92 Å². The van der Waals surface area contributed by atoms with Crippen LogP contribution in [0.4, 0.5) is 0 Å². The highest BCUT2D eigenvalue weighted by Gasteiger charge is 2.32. The van der Waals surface area contributed by atoms with Crippen LogP contribution in [0.15, 0.2) is 57.4 Å². The van der Waals surface area contributed by atoms with Crippen LogP contribution in [0.2, 0.25) is 0 Å². The van der Waals surface area contributed by atoms with Gasteiger partial charge in [0.1, 0.15) is 11.6 Å². The van der Waals surface area contributed by atoms with E-state index >= 15 is 0 Å². The molecule has 1 aliphatic carbocycles. The molecule has 1 fully saturated rings. The SMILES string of the molecule is CC(C)C1=NOCN1C1CCC(Oc2ccn(-c3ccc(S(C)(=O)=O)cc3)c(=O)c2)CC1. The van der Waals surface area contributed by atoms with Crippen molar-refractivity contribution in [3.63, 3.8) is 0 Å². The van der Waals surface area contributed by atoms with Crippen molar-refractivity contribution >= 4 is 15.7 Å². The quantitative estimate of drug-likeness (QED) is 0.659. The minimum absolute atomic E-state index is 0.0681. The molecule has 0 amide bonds. The predicted molar refractivity (Wildman–Crippen MR) is 122 cm³/mol. The number of ether oxygens (including phenoxy) is 1. The molecule has 2 aromatic rings. The summed E-state index contributed by atoms with van der Waals surface area (Å²) in [6.45, 7) is 4.77. The molecule has 172 valence electrons. The Morgan fingerprint density at radius 2 is 1.78 bits per heavy atom. The van der Waals surface area contributed by atoms with Gasteiger partial charge in [0.25, 0.3) is 5.56 Å². The van der Waals surface area contributed by atoms with Crippen molar-refractivity contribution in [1.29, 1.82) is 0 Å². The molecule has 4 rings (SSSR count). The number of amidine groups is 1. The second-order valence-corrected chi connectivity index (χ2v) is 10.7. The molecule has 0 radical (unpaired) electrons. The Labute approximate surface area is 188 Å². The zero-order valence-electron chi connectivity index (χ0n) is 18.6. The maximum atomic E-state index is 12.6. The Bertz CT molecular complexity index is 1150. The van der Waals surface area contributed by atoms with Gasteiger partial charge in [0, 0.05) is 36.2 Å². The van der Waals surface area contributed by atoms with E-state index in [0.29, 0.717) is 30.1 Å². The topological polar surface area (TPSA) is 90.2 Å². The molecule has 32 heavy (non-hydrogen) atoms. The standard InChI is InChI=1S/C23H29N3O5S/c1-16(2)23-24-30-15-26(23)18-4-8-19(9-5-18)31-20-12-13-25(22(27)14-20)17-6-10-21(11-7-17)32(3,28)29/h6-7,10-14,16,18-19H,4-5,8-9,15H2,1-3H3. The highest BCUT2D eigenvalue weighted by atomic mass is 32.2. The summed E-state index contributed by atoms with van der Waals surface area (Å²) in [4.78, 5) is 20.4. The van der Waals surface area contributed by atoms with Gasteiger partial charge in [0.05, 0.1) is 11.0 Å². The highest BCUT2D eigenvalue weighted by molar-refractivity contribution is 7.90. The van der Waals surface area contributed by atoms with Gasteiger partial charge < -0.3 is 14.5 Å². The van der Waals surface area contributed by atoms with Crippen LogP contribution in [0.3, 0.4) is 0 Å². The zero-order chi connectivity index (χ0) is 22.9. The molecule has 1 aromatic carbocycles. The molecule has 0 N–H and O–H groups in total. The monoisotopic (exact) mass is 459 g/mol. The van der Waals surface area contributed by atoms with Gasteiger partial charge >= 0.3 is 0 Å². The van der Waals surface area contributed by atoms with Gasteiger partial charge in [-0.1, -0.05) is 19.0 Å². The smallest absolute Gasteiger partial charge is 0.258 e. The number of hydrogen-bond donors (Lipinski definition) is 0. The van der Waals surface area contributed by atoms with Crippen LogP contribution in [-0.2, 0) is 14.7 Å². The van der Waals surface area contributed by atoms with Gasteiger partial charge in [-0.2, -0.15) is 0 Å². The average molecular weight is 460 g/mol. The van der Waals surface area contributed by atoms with Crippen LogP contribution in [0.25, 0.3) is 5.69 Å². The number of sulfone groups is 1. The van der Waals surface area contributed by atoms with Gasteiger partial charge in [-0.3, -0.25) is 9.36 Å². The summed E-state index contributed by atoms with van der Waals surface area (Å²) >= 11 is 0. The lowest BCUT2D eigenvalue weighted by Crippen LogP contribution is -2.43. The van der Waals surface area contributed by atoms with Crippen molar-refractivity contribution in [1.82, 2.24) is 9.47 Å². The van der Waals surface area contributed by atoms with Crippen molar-refractivity contribution in [3.05, 3.63) is 52.9 Å². The van der Waals surface area contributed by atoms with E-state index in [0.717, 1.165) is 37.8 Å². The van der Waals surface area contributed by atoms with E-state index in [9.17, 15) is 13.2 Å². The van der Waals surface area contributed by atoms with Gasteiger partial charge in [0.15, 0.2) is 16.6 Å². The van der Waals surface area contributed by atoms with Crippen molar-refractivity contribution in [2.45, 2.75) is 56.6 Å². The fourth-order valence-corrected chi connectivity index (χ4v) is 4.90. The summed E-state index contributed by atoms with van der Waals surface area (Å²) in [5.74, 6) is 1.90. The van der Waals surface area contributed by atoms with Crippen molar-refractivity contribution in [2.24, 2.45) is 11.1 Å². The Balaban J connectivity index is 1.38. The van der Waals surface area contributed by atoms with Crippen LogP contribution in [-0.4, -0.2) is 48.9 Å². The summed E-state index contributed by atoms with van der Waals surface area (Å²) in [5.41, 5.74) is 0.375. The van der Waals surface area contributed by atoms with Gasteiger partial charge in [-0.25, -0.2) is 8.42 Å². The lowest BCUT2D eigenvalue weighted by molar-refractivity contribution is 0.0601. The molecular weight excluding hydrogens is 430 g/mol. The fraction of sp³-hybridized carbons (Fsp3) is 0.478. The van der Waals surface area contributed by atoms with E-state index in [4.69, 9.17) is 9.57 Å². The maximum absolute atomic E-state index is 12.6. The van der Waals surface area contributed by atoms with Crippen molar-refractivity contribution in [2.75, 3.05) is 13.0 Å². The van der Waals surface area contributed by atoms with E-state index < -0.39 is 9.84 Å². The summed E-state index contributed by atoms with van der Waals surface area (Å²) in [5, 5.41) is 4.18. The van der Waals surface area contributed by atoms with Crippen LogP contribution in [0.1, 0.15) is 39.5 Å². The molecule has 0 atom stereocenters. The second-order valence-electron chi connectivity index (χ2n) is 8.72. The Kier molecular flexibility index (Phi) is 6.28. The number of nitrogens with zero attached hydrogens (tertiary/aromatic N) is 3. The summed E-state index contributed by atoms with van der Waals surface area (Å²) < 4.78 is 30.8. The van der Waals surface area contributed by atoms with E-state index in [1.54, 1.807) is 24.4 Å². The number of aromatic nitrogens is 1. The number of hydrogen-bond acceptors (Lipinski definition) is 7. The summed E-state index contributed by atoms with van der Waals surface area (Å²) in [7, 11) is -3.28. The van der Waals surface area contributed by atoms with Gasteiger partial charge in [-0.15, -0.1) is 0 Å². The first kappa shape index (κ1) is 22.4. The minimum Gasteiger partial charge on any atom is -0.490 e. The molecular formula is C23H29N3O5S. The van der Waals surface area contributed by atoms with Crippen molar-refractivity contribution in [3.8, 4) is 11.4 Å². The molecule has 0 spiro atoms. The Morgan fingerprint density at radius 1 is 1.09 bits per heavy atom. The molecule has 1 saturated carbocycles. The average Bonchev–Trinajstić information content (AvgIpc) is 3.24. The van der Waals surface area contributed by atoms with E-state index in [-0.39, 0.29) is 16.6 Å². The first-order valence-corrected chi connectivity index (χ1v) is 12.8. The maximum Gasteiger partial charge on any atom is 0.258 e. The van der Waals surface area contributed by atoms with Crippen molar-refractivity contribution < 1.29 is 18.0 Å². The summed E-state index contributed by atoms with van der Waals surface area (Å²) in [6.07, 6.45) is 6.67. The predicted octanol–water partition coefficient (Wildman–Crippen LogP) is 3.19. The van der Waals surface area contributed by atoms with Crippen LogP contribution >= 0.6 is 0 Å². The second kappa shape index (κ2) is 8.97. The molecule has 0 bridgehead atoms. The lowest BCUT2D eigenvalue weighted by Gasteiger charge is -2.35. The van der Waals surface area contributed by atoms with E-state index in [1.807, 2.05) is 0 Å². The molecule has 1 aliphatic heterocycles. The van der Waals surface area contributed by atoms with E-state index in [1.165, 1.54) is 22.8 Å². The Morgan fingerprint density at radius 3 is 2.38 bits per heavy atom. The molecule has 2 heterocycles. The third-order valence-electron chi connectivity index (χ3n) is 5.99. The fourth-order valence-electron chi connectivity index (χ4n) is 4.27. The number of pyridine rings is 1. The van der Waals surface area contributed by atoms with Crippen LogP contribution in [0.5, 0.6) is 5.75 Å². The first-order valence-electron chi connectivity index (χ1n) is 10.9. The minimum atomic E-state index is -3.28. The van der Waals surface area contributed by atoms with Gasteiger partial charge in [0.2, 0.25) is 0 Å². The third-order valence-corrected chi connectivity index (χ3v) is 7.12. The van der Waals surface area contributed by atoms with Crippen LogP contribution < -0.4 is 10.3 Å². The third kappa shape index (κ3) is 4.82. The molecule has 1 aromatic heterocycles.